The number of carbonyl (C=O) groups is 1. The predicted octanol–water partition coefficient (Wildman–Crippen LogP) is 2.78. The zero-order valence-corrected chi connectivity index (χ0v) is 7.52. The van der Waals surface area contributed by atoms with Crippen LogP contribution in [0.5, 0.6) is 0 Å². The topological polar surface area (TPSA) is 37.3 Å². The van der Waals surface area contributed by atoms with Crippen molar-refractivity contribution in [1.29, 1.82) is 0 Å². The molecule has 76 valence electrons. The van der Waals surface area contributed by atoms with Gasteiger partial charge in [-0.15, -0.1) is 11.3 Å². The second-order valence-corrected chi connectivity index (χ2v) is 3.32. The molecule has 0 atom stereocenters. The van der Waals surface area contributed by atoms with Crippen molar-refractivity contribution in [2.45, 2.75) is 6.18 Å². The number of carboxylic acid groups (broad SMARTS) is 1. The van der Waals surface area contributed by atoms with Crippen LogP contribution < -0.4 is 0 Å². The van der Waals surface area contributed by atoms with Gasteiger partial charge in [0, 0.05) is 11.0 Å². The summed E-state index contributed by atoms with van der Waals surface area (Å²) >= 11 is 0.848. The molecule has 0 aliphatic rings. The van der Waals surface area contributed by atoms with Crippen molar-refractivity contribution >= 4 is 22.9 Å². The summed E-state index contributed by atoms with van der Waals surface area (Å²) in [6.45, 7) is 0. The number of halogens is 3. The Bertz CT molecular complexity index is 351. The molecule has 6 heteroatoms. The lowest BCUT2D eigenvalue weighted by atomic mass is 10.2. The third kappa shape index (κ3) is 2.59. The lowest BCUT2D eigenvalue weighted by molar-refractivity contribution is -0.131. The fourth-order valence-electron chi connectivity index (χ4n) is 0.848. The van der Waals surface area contributed by atoms with E-state index >= 15 is 0 Å². The summed E-state index contributed by atoms with van der Waals surface area (Å²) in [4.78, 5) is 10.1. The normalized spacial score (nSPS) is 12.9. The Morgan fingerprint density at radius 2 is 2.14 bits per heavy atom. The minimum absolute atomic E-state index is 0.0973. The van der Waals surface area contributed by atoms with Gasteiger partial charge in [-0.2, -0.15) is 13.2 Å². The van der Waals surface area contributed by atoms with Crippen LogP contribution in [0.1, 0.15) is 4.88 Å². The summed E-state index contributed by atoms with van der Waals surface area (Å²) in [6.07, 6.45) is -4.46. The summed E-state index contributed by atoms with van der Waals surface area (Å²) < 4.78 is 37.0. The van der Waals surface area contributed by atoms with Gasteiger partial charge in [0.15, 0.2) is 0 Å². The van der Waals surface area contributed by atoms with Crippen molar-refractivity contribution in [3.05, 3.63) is 28.5 Å². The first-order valence-electron chi connectivity index (χ1n) is 3.47. The number of aliphatic carboxylic acids is 1. The van der Waals surface area contributed by atoms with Crippen LogP contribution in [0.15, 0.2) is 23.6 Å². The van der Waals surface area contributed by atoms with Crippen LogP contribution in [0.2, 0.25) is 0 Å². The van der Waals surface area contributed by atoms with Crippen molar-refractivity contribution in [3.63, 3.8) is 0 Å². The molecular formula is C8H5F3O2S. The standard InChI is InChI=1S/C8H5F3O2S/c9-8(10,11)5(4-7(12)13)6-2-1-3-14-6/h1-4H,(H,12,13). The van der Waals surface area contributed by atoms with E-state index in [4.69, 9.17) is 5.11 Å². The molecule has 1 aromatic heterocycles. The molecule has 1 aromatic rings. The van der Waals surface area contributed by atoms with Crippen molar-refractivity contribution in [2.24, 2.45) is 0 Å². The number of carboxylic acids is 1. The Labute approximate surface area is 81.3 Å². The van der Waals surface area contributed by atoms with Gasteiger partial charge in [-0.25, -0.2) is 4.79 Å². The van der Waals surface area contributed by atoms with Gasteiger partial charge in [-0.05, 0) is 11.4 Å². The second kappa shape index (κ2) is 3.83. The first-order valence-corrected chi connectivity index (χ1v) is 4.35. The molecule has 0 unspecified atom stereocenters. The highest BCUT2D eigenvalue weighted by Gasteiger charge is 2.35. The largest absolute Gasteiger partial charge is 0.478 e. The molecule has 0 saturated heterocycles. The highest BCUT2D eigenvalue weighted by Crippen LogP contribution is 2.35. The number of alkyl halides is 3. The Morgan fingerprint density at radius 1 is 1.50 bits per heavy atom. The maximum Gasteiger partial charge on any atom is 0.418 e. The van der Waals surface area contributed by atoms with Crippen LogP contribution >= 0.6 is 11.3 Å². The minimum Gasteiger partial charge on any atom is -0.478 e. The fraction of sp³-hybridized carbons (Fsp3) is 0.125. The van der Waals surface area contributed by atoms with Crippen LogP contribution in [0.25, 0.3) is 5.57 Å². The zero-order chi connectivity index (χ0) is 10.8. The molecule has 0 fully saturated rings. The summed E-state index contributed by atoms with van der Waals surface area (Å²) in [6, 6.07) is 2.66. The van der Waals surface area contributed by atoms with Gasteiger partial charge in [-0.1, -0.05) is 6.07 Å². The Morgan fingerprint density at radius 3 is 2.50 bits per heavy atom. The van der Waals surface area contributed by atoms with Gasteiger partial charge in [0.1, 0.15) is 0 Å². The summed E-state index contributed by atoms with van der Waals surface area (Å²) in [5.74, 6) is -1.61. The first kappa shape index (κ1) is 10.8. The molecule has 0 bridgehead atoms. The monoisotopic (exact) mass is 222 g/mol. The van der Waals surface area contributed by atoms with Gasteiger partial charge >= 0.3 is 12.1 Å². The molecule has 0 aromatic carbocycles. The molecule has 1 rings (SSSR count). The van der Waals surface area contributed by atoms with E-state index in [2.05, 4.69) is 0 Å². The van der Waals surface area contributed by atoms with Gasteiger partial charge < -0.3 is 5.11 Å². The first-order chi connectivity index (χ1) is 6.41. The average Bonchev–Trinajstić information content (AvgIpc) is 2.49. The SMILES string of the molecule is O=C(O)C=C(c1cccs1)C(F)(F)F. The lowest BCUT2D eigenvalue weighted by Gasteiger charge is -2.08. The molecule has 0 aliphatic heterocycles. The van der Waals surface area contributed by atoms with Crippen LogP contribution in [0.3, 0.4) is 0 Å². The summed E-state index contributed by atoms with van der Waals surface area (Å²) in [7, 11) is 0. The maximum absolute atomic E-state index is 12.3. The molecule has 0 saturated carbocycles. The van der Waals surface area contributed by atoms with E-state index in [0.29, 0.717) is 0 Å². The van der Waals surface area contributed by atoms with E-state index < -0.39 is 17.7 Å². The number of rotatable bonds is 2. The number of allylic oxidation sites excluding steroid dienone is 1. The van der Waals surface area contributed by atoms with E-state index in [1.54, 1.807) is 0 Å². The van der Waals surface area contributed by atoms with E-state index in [1.807, 2.05) is 0 Å². The molecule has 14 heavy (non-hydrogen) atoms. The van der Waals surface area contributed by atoms with Crippen molar-refractivity contribution in [2.75, 3.05) is 0 Å². The zero-order valence-electron chi connectivity index (χ0n) is 6.71. The number of hydrogen-bond acceptors (Lipinski definition) is 2. The molecule has 2 nitrogen and oxygen atoms in total. The quantitative estimate of drug-likeness (QED) is 0.781. The van der Waals surface area contributed by atoms with E-state index in [0.717, 1.165) is 11.3 Å². The smallest absolute Gasteiger partial charge is 0.418 e. The molecular weight excluding hydrogens is 217 g/mol. The van der Waals surface area contributed by atoms with Crippen LogP contribution in [-0.2, 0) is 4.79 Å². The van der Waals surface area contributed by atoms with Gasteiger partial charge in [0.2, 0.25) is 0 Å². The summed E-state index contributed by atoms with van der Waals surface area (Å²) in [5.41, 5.74) is -1.12. The highest BCUT2D eigenvalue weighted by atomic mass is 32.1. The van der Waals surface area contributed by atoms with Gasteiger partial charge in [0.05, 0.1) is 5.57 Å². The highest BCUT2D eigenvalue weighted by molar-refractivity contribution is 7.11. The Balaban J connectivity index is 3.14. The molecule has 1 heterocycles. The average molecular weight is 222 g/mol. The van der Waals surface area contributed by atoms with E-state index in [9.17, 15) is 18.0 Å². The number of thiophene rings is 1. The Kier molecular flexibility index (Phi) is 2.95. The summed E-state index contributed by atoms with van der Waals surface area (Å²) in [5, 5.41) is 9.73. The van der Waals surface area contributed by atoms with Crippen LogP contribution in [0, 0.1) is 0 Å². The lowest BCUT2D eigenvalue weighted by Crippen LogP contribution is -2.11. The molecule has 0 radical (unpaired) electrons. The van der Waals surface area contributed by atoms with Crippen molar-refractivity contribution < 1.29 is 23.1 Å². The minimum atomic E-state index is -4.64. The molecule has 0 aliphatic carbocycles. The predicted molar refractivity (Wildman–Crippen MR) is 46.0 cm³/mol. The fourth-order valence-corrected chi connectivity index (χ4v) is 1.61. The van der Waals surface area contributed by atoms with Crippen molar-refractivity contribution in [1.82, 2.24) is 0 Å². The van der Waals surface area contributed by atoms with E-state index in [1.165, 1.54) is 17.5 Å². The van der Waals surface area contributed by atoms with Crippen molar-refractivity contribution in [3.8, 4) is 0 Å². The molecule has 0 spiro atoms. The van der Waals surface area contributed by atoms with Gasteiger partial charge in [-0.3, -0.25) is 0 Å². The third-order valence-corrected chi connectivity index (χ3v) is 2.26. The second-order valence-electron chi connectivity index (χ2n) is 2.37. The van der Waals surface area contributed by atoms with Gasteiger partial charge in [0.25, 0.3) is 0 Å². The molecule has 1 N–H and O–H groups in total. The third-order valence-electron chi connectivity index (χ3n) is 1.36. The van der Waals surface area contributed by atoms with Crippen LogP contribution in [0.4, 0.5) is 13.2 Å². The van der Waals surface area contributed by atoms with E-state index in [-0.39, 0.29) is 11.0 Å². The Hall–Kier alpha value is -1.30. The molecule has 0 amide bonds. The van der Waals surface area contributed by atoms with Crippen LogP contribution in [-0.4, -0.2) is 17.3 Å². The maximum atomic E-state index is 12.3. The number of hydrogen-bond donors (Lipinski definition) is 1.